The van der Waals surface area contributed by atoms with Gasteiger partial charge in [-0.25, -0.2) is 28.6 Å². The number of anilines is 1. The molecule has 1 fully saturated rings. The maximum atomic E-state index is 10.4. The van der Waals surface area contributed by atoms with Crippen molar-refractivity contribution < 1.29 is 114 Å². The maximum Gasteiger partial charge on any atom is 0.490 e. The molecule has 0 aromatic carbocycles. The number of methoxy groups -OCH3 is 10. The topological polar surface area (TPSA) is 463 Å². The lowest BCUT2D eigenvalue weighted by molar-refractivity contribution is -0.0511. The summed E-state index contributed by atoms with van der Waals surface area (Å²) in [6.45, 7) is 16.3. The van der Waals surface area contributed by atoms with Crippen molar-refractivity contribution in [2.45, 2.75) is 24.5 Å². The normalized spacial score (nSPS) is 16.0. The number of aromatic nitrogens is 4. The van der Waals surface area contributed by atoms with Crippen LogP contribution in [-0.4, -0.2) is 287 Å². The Balaban J connectivity index is -0.000000415. The third-order valence-electron chi connectivity index (χ3n) is 8.43. The zero-order valence-corrected chi connectivity index (χ0v) is 48.8. The molecule has 0 spiro atoms. The van der Waals surface area contributed by atoms with Gasteiger partial charge in [-0.2, -0.15) is 8.62 Å². The number of hydrogen-bond acceptors (Lipinski definition) is 28. The van der Waals surface area contributed by atoms with Crippen molar-refractivity contribution in [1.82, 2.24) is 46.1 Å². The summed E-state index contributed by atoms with van der Waals surface area (Å²) in [6.07, 6.45) is -1.42. The summed E-state index contributed by atoms with van der Waals surface area (Å²) in [5.74, 6) is 0.218. The highest BCUT2D eigenvalue weighted by molar-refractivity contribution is 7.66. The van der Waals surface area contributed by atoms with E-state index in [9.17, 15) is 23.9 Å². The van der Waals surface area contributed by atoms with Crippen molar-refractivity contribution in [3.05, 3.63) is 12.7 Å². The van der Waals surface area contributed by atoms with Gasteiger partial charge in [-0.05, 0) is 0 Å². The van der Waals surface area contributed by atoms with Gasteiger partial charge in [-0.3, -0.25) is 4.57 Å². The minimum absolute atomic E-state index is 0.218. The first-order valence-electron chi connectivity index (χ1n) is 23.5. The Morgan fingerprint density at radius 2 is 0.792 bits per heavy atom. The lowest BCUT2D eigenvalue weighted by Gasteiger charge is -2.16. The van der Waals surface area contributed by atoms with E-state index in [-0.39, 0.29) is 5.82 Å². The molecule has 37 heteroatoms. The number of imidazole rings is 1. The van der Waals surface area contributed by atoms with Gasteiger partial charge in [-0.15, -0.1) is 0 Å². The van der Waals surface area contributed by atoms with Crippen LogP contribution in [-0.2, 0) is 74.4 Å². The highest BCUT2D eigenvalue weighted by Crippen LogP contribution is 2.64. The number of hydrogen-bond donors (Lipinski definition) is 14. The number of nitrogens with one attached hydrogen (secondary N) is 5. The fourth-order valence-electron chi connectivity index (χ4n) is 4.82. The molecule has 2 aromatic rings. The van der Waals surface area contributed by atoms with E-state index in [2.05, 4.69) is 50.2 Å². The number of nitrogen functional groups attached to an aromatic ring is 1. The van der Waals surface area contributed by atoms with Crippen LogP contribution in [0.1, 0.15) is 6.23 Å². The SMILES string of the molecule is COCCNCCOC.COCCNCCOC.COCCNCCOC.COCCNCCOC.COCCNCCOC.Nc1ncnc2c1ncn2[C@@H]1O[C@H](CO)[C@@H](O)[C@H]1O.O=P(O)(O)OP(=O)(O)OP(=O)(O)O. The zero-order valence-electron chi connectivity index (χ0n) is 46.1. The van der Waals surface area contributed by atoms with E-state index in [4.69, 9.17) is 87.4 Å². The van der Waals surface area contributed by atoms with Gasteiger partial charge in [0.25, 0.3) is 0 Å². The standard InChI is InChI=1S/C10H13N5O4.5C6H15NO2.H5O10P3/c11-8-5-9(13-2-12-8)15(3-14-5)10-7(18)6(17)4(1-16)19-10;5*1-8-5-3-7-4-6-9-2;1-11(2,3)9-13(7,8)10-12(4,5)6/h2-4,6-7,10,16-18H,1H2,(H2,11,12,13);5*7H,3-6H2,1-2H3;(H,7,8)(H2,1,2,3)(H2,4,5,6)/t4-,6-,7-,10-;;;;;;/m1....../s1. The van der Waals surface area contributed by atoms with E-state index in [1.165, 1.54) is 17.2 Å². The van der Waals surface area contributed by atoms with Gasteiger partial charge in [-0.1, -0.05) is 0 Å². The molecule has 0 bridgehead atoms. The Morgan fingerprint density at radius 1 is 0.506 bits per heavy atom. The molecule has 4 atom stereocenters. The number of aliphatic hydroxyl groups is 3. The van der Waals surface area contributed by atoms with Gasteiger partial charge in [0.05, 0.1) is 79.0 Å². The first-order chi connectivity index (χ1) is 36.6. The van der Waals surface area contributed by atoms with Gasteiger partial charge in [0.15, 0.2) is 17.7 Å². The predicted octanol–water partition coefficient (Wildman–Crippen LogP) is -3.33. The zero-order chi connectivity index (χ0) is 59.2. The maximum absolute atomic E-state index is 10.4. The Bertz CT molecular complexity index is 1580. The van der Waals surface area contributed by atoms with Gasteiger partial charge < -0.3 is 124 Å². The smallest absolute Gasteiger partial charge is 0.394 e. The summed E-state index contributed by atoms with van der Waals surface area (Å²) in [5.41, 5.74) is 6.44. The van der Waals surface area contributed by atoms with Gasteiger partial charge in [0, 0.05) is 137 Å². The number of ether oxygens (including phenoxy) is 11. The number of rotatable bonds is 36. The van der Waals surface area contributed by atoms with Crippen molar-refractivity contribution in [3.63, 3.8) is 0 Å². The molecule has 15 N–H and O–H groups in total. The second-order valence-electron chi connectivity index (χ2n) is 14.6. The van der Waals surface area contributed by atoms with E-state index in [1.54, 1.807) is 71.1 Å². The van der Waals surface area contributed by atoms with Gasteiger partial charge >= 0.3 is 23.5 Å². The van der Waals surface area contributed by atoms with E-state index in [0.717, 1.165) is 132 Å². The Morgan fingerprint density at radius 3 is 1.03 bits per heavy atom. The largest absolute Gasteiger partial charge is 0.490 e. The molecule has 0 aliphatic carbocycles. The fourth-order valence-corrected chi connectivity index (χ4v) is 7.36. The van der Waals surface area contributed by atoms with Crippen LogP contribution < -0.4 is 32.3 Å². The van der Waals surface area contributed by atoms with E-state index in [1.807, 2.05) is 0 Å². The highest BCUT2D eigenvalue weighted by Gasteiger charge is 2.44. The molecule has 1 aliphatic rings. The van der Waals surface area contributed by atoms with Crippen LogP contribution in [0.3, 0.4) is 0 Å². The van der Waals surface area contributed by atoms with Gasteiger partial charge in [0.2, 0.25) is 0 Å². The van der Waals surface area contributed by atoms with Crippen LogP contribution in [0.25, 0.3) is 11.2 Å². The summed E-state index contributed by atoms with van der Waals surface area (Å²) in [7, 11) is 0.753. The average molecular weight is 1190 g/mol. The first kappa shape index (κ1) is 81.5. The lowest BCUT2D eigenvalue weighted by atomic mass is 10.1. The second kappa shape index (κ2) is 55.9. The Labute approximate surface area is 452 Å². The van der Waals surface area contributed by atoms with Crippen molar-refractivity contribution >= 4 is 40.4 Å². The number of fused-ring (bicyclic) bond motifs is 1. The minimum Gasteiger partial charge on any atom is -0.394 e. The quantitative estimate of drug-likeness (QED) is 0.0234. The number of nitrogens with two attached hydrogens (primary N) is 1. The molecule has 2 aromatic heterocycles. The monoisotopic (exact) mass is 1190 g/mol. The van der Waals surface area contributed by atoms with Crippen LogP contribution in [0.15, 0.2) is 12.7 Å². The Kier molecular flexibility index (Phi) is 59.1. The molecule has 3 rings (SSSR count). The number of nitrogens with zero attached hydrogens (tertiary/aromatic N) is 4. The summed E-state index contributed by atoms with van der Waals surface area (Å²) < 4.78 is 91.4. The predicted molar refractivity (Wildman–Crippen MR) is 282 cm³/mol. The van der Waals surface area contributed by atoms with Crippen LogP contribution in [0, 0.1) is 0 Å². The molecule has 1 saturated heterocycles. The molecule has 34 nitrogen and oxygen atoms in total. The third-order valence-corrected chi connectivity index (χ3v) is 11.8. The average Bonchev–Trinajstić information content (AvgIpc) is 3.93. The molecule has 0 radical (unpaired) electrons. The summed E-state index contributed by atoms with van der Waals surface area (Å²) >= 11 is 0. The van der Waals surface area contributed by atoms with E-state index >= 15 is 0 Å². The van der Waals surface area contributed by atoms with E-state index in [0.29, 0.717) is 11.2 Å². The number of aliphatic hydroxyl groups excluding tert-OH is 3. The first-order valence-corrected chi connectivity index (χ1v) is 28.0. The fraction of sp³-hybridized carbons (Fsp3) is 0.875. The molecular formula is C40H93N10O24P3. The van der Waals surface area contributed by atoms with Crippen molar-refractivity contribution in [1.29, 1.82) is 0 Å². The van der Waals surface area contributed by atoms with Crippen LogP contribution in [0.5, 0.6) is 0 Å². The minimum atomic E-state index is -5.46. The molecule has 77 heavy (non-hydrogen) atoms. The summed E-state index contributed by atoms with van der Waals surface area (Å²) in [5, 5.41) is 44.4. The third kappa shape index (κ3) is 53.1. The van der Waals surface area contributed by atoms with Gasteiger partial charge in [0.1, 0.15) is 30.2 Å². The molecule has 0 amide bonds. The van der Waals surface area contributed by atoms with Crippen molar-refractivity contribution in [3.8, 4) is 0 Å². The second-order valence-corrected chi connectivity index (χ2v) is 18.8. The highest BCUT2D eigenvalue weighted by atomic mass is 31.3. The summed E-state index contributed by atoms with van der Waals surface area (Å²) in [4.78, 5) is 52.1. The molecule has 462 valence electrons. The van der Waals surface area contributed by atoms with Crippen LogP contribution in [0.4, 0.5) is 5.82 Å². The van der Waals surface area contributed by atoms with Crippen LogP contribution in [0.2, 0.25) is 0 Å². The Hall–Kier alpha value is -2.00. The molecule has 3 heterocycles. The molecule has 0 unspecified atom stereocenters. The molecular weight excluding hydrogens is 1100 g/mol. The molecule has 0 saturated carbocycles. The van der Waals surface area contributed by atoms with Crippen molar-refractivity contribution in [2.75, 3.05) is 215 Å². The molecule has 1 aliphatic heterocycles. The summed E-state index contributed by atoms with van der Waals surface area (Å²) in [6, 6.07) is 0. The number of phosphoric acid groups is 3. The van der Waals surface area contributed by atoms with E-state index < -0.39 is 54.6 Å². The van der Waals surface area contributed by atoms with Crippen LogP contribution >= 0.6 is 23.5 Å². The van der Waals surface area contributed by atoms with Crippen molar-refractivity contribution in [2.24, 2.45) is 0 Å². The lowest BCUT2D eigenvalue weighted by Crippen LogP contribution is -2.33.